The summed E-state index contributed by atoms with van der Waals surface area (Å²) in [7, 11) is 1.73. The lowest BCUT2D eigenvalue weighted by Gasteiger charge is -2.18. The number of nitro groups is 1. The molecule has 9 heteroatoms. The molecule has 2 heterocycles. The molecule has 0 saturated carbocycles. The highest BCUT2D eigenvalue weighted by molar-refractivity contribution is 7.22. The van der Waals surface area contributed by atoms with E-state index in [0.29, 0.717) is 5.13 Å². The average molecular weight is 392 g/mol. The Balaban J connectivity index is 1.75. The zero-order valence-electron chi connectivity index (χ0n) is 15.2. The molecule has 0 aliphatic rings. The fourth-order valence-corrected chi connectivity index (χ4v) is 3.80. The van der Waals surface area contributed by atoms with Crippen LogP contribution < -0.4 is 10.2 Å². The number of nitrogens with one attached hydrogen (secondary N) is 1. The van der Waals surface area contributed by atoms with E-state index in [1.807, 2.05) is 55.5 Å². The van der Waals surface area contributed by atoms with Crippen molar-refractivity contribution in [2.45, 2.75) is 6.92 Å². The number of para-hydroxylation sites is 1. The maximum absolute atomic E-state index is 11.8. The molecule has 1 N–H and O–H groups in total. The number of fused-ring (bicyclic) bond motifs is 1. The number of nitrogens with zero attached hydrogens (tertiary/aromatic N) is 5. The van der Waals surface area contributed by atoms with E-state index in [1.54, 1.807) is 11.9 Å². The van der Waals surface area contributed by atoms with E-state index in [4.69, 9.17) is 0 Å². The minimum atomic E-state index is -0.478. The number of aryl methyl sites for hydroxylation is 1. The largest absolute Gasteiger partial charge is 0.354 e. The summed E-state index contributed by atoms with van der Waals surface area (Å²) >= 11 is 1.42. The van der Waals surface area contributed by atoms with Gasteiger partial charge in [-0.25, -0.2) is 15.0 Å². The van der Waals surface area contributed by atoms with Crippen molar-refractivity contribution in [3.05, 3.63) is 70.5 Å². The molecule has 0 radical (unpaired) electrons. The Morgan fingerprint density at radius 1 is 1.14 bits per heavy atom. The lowest BCUT2D eigenvalue weighted by molar-refractivity contribution is -0.383. The zero-order valence-corrected chi connectivity index (χ0v) is 16.0. The van der Waals surface area contributed by atoms with Crippen LogP contribution in [-0.4, -0.2) is 26.9 Å². The van der Waals surface area contributed by atoms with Crippen LogP contribution in [-0.2, 0) is 0 Å². The van der Waals surface area contributed by atoms with Gasteiger partial charge in [0, 0.05) is 12.7 Å². The van der Waals surface area contributed by atoms with Crippen LogP contribution in [0.25, 0.3) is 10.2 Å². The van der Waals surface area contributed by atoms with Gasteiger partial charge < -0.3 is 10.2 Å². The number of thiazole rings is 1. The molecule has 2 aromatic heterocycles. The molecule has 2 aromatic carbocycles. The Bertz CT molecular complexity index is 1160. The number of hydrogen-bond donors (Lipinski definition) is 1. The van der Waals surface area contributed by atoms with Crippen LogP contribution >= 0.6 is 11.3 Å². The topological polar surface area (TPSA) is 97.1 Å². The summed E-state index contributed by atoms with van der Waals surface area (Å²) < 4.78 is 1.00. The molecule has 4 aromatic rings. The van der Waals surface area contributed by atoms with Crippen molar-refractivity contribution in [3.63, 3.8) is 0 Å². The van der Waals surface area contributed by atoms with Crippen LogP contribution in [0.15, 0.2) is 54.9 Å². The van der Waals surface area contributed by atoms with Gasteiger partial charge in [-0.3, -0.25) is 10.1 Å². The summed E-state index contributed by atoms with van der Waals surface area (Å²) in [4.78, 5) is 25.7. The maximum atomic E-state index is 11.8. The first-order valence-electron chi connectivity index (χ1n) is 8.45. The highest BCUT2D eigenvalue weighted by atomic mass is 32.1. The molecule has 0 spiro atoms. The summed E-state index contributed by atoms with van der Waals surface area (Å²) in [6.07, 6.45) is 1.31. The number of rotatable bonds is 5. The van der Waals surface area contributed by atoms with E-state index >= 15 is 0 Å². The normalized spacial score (nSPS) is 10.8. The van der Waals surface area contributed by atoms with Crippen LogP contribution in [0, 0.1) is 17.0 Å². The molecular formula is C19H16N6O2S. The van der Waals surface area contributed by atoms with Crippen LogP contribution in [0.2, 0.25) is 0 Å². The van der Waals surface area contributed by atoms with Gasteiger partial charge in [-0.05, 0) is 36.8 Å². The van der Waals surface area contributed by atoms with Gasteiger partial charge >= 0.3 is 5.69 Å². The Kier molecular flexibility index (Phi) is 4.58. The molecule has 0 aliphatic heterocycles. The molecule has 4 rings (SSSR count). The molecule has 140 valence electrons. The molecule has 0 bridgehead atoms. The molecule has 0 amide bonds. The summed E-state index contributed by atoms with van der Waals surface area (Å²) in [6, 6.07) is 15.3. The highest BCUT2D eigenvalue weighted by Gasteiger charge is 2.27. The number of aromatic nitrogens is 3. The number of benzene rings is 2. The van der Waals surface area contributed by atoms with Crippen molar-refractivity contribution in [1.82, 2.24) is 15.0 Å². The fraction of sp³-hybridized carbons (Fsp3) is 0.105. The quantitative estimate of drug-likeness (QED) is 0.384. The van der Waals surface area contributed by atoms with Crippen molar-refractivity contribution in [2.75, 3.05) is 17.3 Å². The molecule has 0 aliphatic carbocycles. The van der Waals surface area contributed by atoms with Crippen LogP contribution in [0.1, 0.15) is 5.56 Å². The third-order valence-corrected chi connectivity index (χ3v) is 5.15. The van der Waals surface area contributed by atoms with Gasteiger partial charge in [0.1, 0.15) is 6.33 Å². The smallest absolute Gasteiger partial charge is 0.324 e. The first-order valence-corrected chi connectivity index (χ1v) is 9.27. The third kappa shape index (κ3) is 3.35. The van der Waals surface area contributed by atoms with E-state index in [-0.39, 0.29) is 17.3 Å². The van der Waals surface area contributed by atoms with Gasteiger partial charge in [0.2, 0.25) is 11.6 Å². The van der Waals surface area contributed by atoms with Crippen molar-refractivity contribution >= 4 is 49.7 Å². The Morgan fingerprint density at radius 3 is 2.68 bits per heavy atom. The SMILES string of the molecule is Cc1ccc2nc(Nc3ncnc(N(C)c4ccccc4)c3[N+](=O)[O-])sc2c1. The molecule has 0 saturated heterocycles. The molecule has 8 nitrogen and oxygen atoms in total. The Morgan fingerprint density at radius 2 is 1.93 bits per heavy atom. The number of hydrogen-bond acceptors (Lipinski definition) is 8. The van der Waals surface area contributed by atoms with Crippen molar-refractivity contribution in [3.8, 4) is 0 Å². The fourth-order valence-electron chi connectivity index (χ4n) is 2.84. The second-order valence-corrected chi connectivity index (χ2v) is 7.19. The summed E-state index contributed by atoms with van der Waals surface area (Å²) in [5.74, 6) is 0.305. The van der Waals surface area contributed by atoms with Crippen molar-refractivity contribution in [2.24, 2.45) is 0 Å². The first-order chi connectivity index (χ1) is 13.5. The molecule has 0 fully saturated rings. The van der Waals surface area contributed by atoms with Gasteiger partial charge in [-0.2, -0.15) is 0 Å². The van der Waals surface area contributed by atoms with Gasteiger partial charge in [0.15, 0.2) is 5.13 Å². The summed E-state index contributed by atoms with van der Waals surface area (Å²) in [6.45, 7) is 2.01. The lowest BCUT2D eigenvalue weighted by Crippen LogP contribution is -2.14. The van der Waals surface area contributed by atoms with E-state index < -0.39 is 4.92 Å². The monoisotopic (exact) mass is 392 g/mol. The Labute approximate surface area is 164 Å². The average Bonchev–Trinajstić information content (AvgIpc) is 3.09. The lowest BCUT2D eigenvalue weighted by atomic mass is 10.2. The minimum Gasteiger partial charge on any atom is -0.324 e. The molecule has 28 heavy (non-hydrogen) atoms. The minimum absolute atomic E-state index is 0.105. The zero-order chi connectivity index (χ0) is 19.7. The van der Waals surface area contributed by atoms with Gasteiger partial charge in [-0.1, -0.05) is 35.6 Å². The van der Waals surface area contributed by atoms with Gasteiger partial charge in [-0.15, -0.1) is 0 Å². The van der Waals surface area contributed by atoms with E-state index in [0.717, 1.165) is 21.5 Å². The summed E-state index contributed by atoms with van der Waals surface area (Å²) in [5.41, 5.74) is 2.54. The predicted octanol–water partition coefficient (Wildman–Crippen LogP) is 4.81. The third-order valence-electron chi connectivity index (χ3n) is 4.22. The van der Waals surface area contributed by atoms with E-state index in [1.165, 1.54) is 17.7 Å². The predicted molar refractivity (Wildman–Crippen MR) is 111 cm³/mol. The molecule has 0 atom stereocenters. The molecular weight excluding hydrogens is 376 g/mol. The van der Waals surface area contributed by atoms with Gasteiger partial charge in [0.05, 0.1) is 15.1 Å². The second-order valence-electron chi connectivity index (χ2n) is 6.16. The van der Waals surface area contributed by atoms with Crippen LogP contribution in [0.4, 0.5) is 28.1 Å². The van der Waals surface area contributed by atoms with Crippen molar-refractivity contribution < 1.29 is 4.92 Å². The van der Waals surface area contributed by atoms with E-state index in [9.17, 15) is 10.1 Å². The standard InChI is InChI=1S/C19H16N6O2S/c1-12-8-9-14-15(10-12)28-19(22-14)23-17-16(25(26)27)18(21-11-20-17)24(2)13-6-4-3-5-7-13/h3-11H,1-2H3,(H,20,21,22,23). The second kappa shape index (κ2) is 7.20. The molecule has 0 unspecified atom stereocenters. The van der Waals surface area contributed by atoms with Crippen LogP contribution in [0.3, 0.4) is 0 Å². The summed E-state index contributed by atoms with van der Waals surface area (Å²) in [5, 5.41) is 15.4. The van der Waals surface area contributed by atoms with E-state index in [2.05, 4.69) is 20.3 Å². The Hall–Kier alpha value is -3.59. The number of anilines is 4. The first kappa shape index (κ1) is 17.8. The maximum Gasteiger partial charge on any atom is 0.354 e. The highest BCUT2D eigenvalue weighted by Crippen LogP contribution is 2.37. The van der Waals surface area contributed by atoms with Gasteiger partial charge in [0.25, 0.3) is 0 Å². The van der Waals surface area contributed by atoms with Crippen LogP contribution in [0.5, 0.6) is 0 Å². The van der Waals surface area contributed by atoms with Crippen molar-refractivity contribution in [1.29, 1.82) is 0 Å².